The molecule has 0 radical (unpaired) electrons. The summed E-state index contributed by atoms with van der Waals surface area (Å²) in [6.45, 7) is -0.472. The van der Waals surface area contributed by atoms with Crippen molar-refractivity contribution in [2.75, 3.05) is 6.61 Å². The molecule has 0 aliphatic heterocycles. The van der Waals surface area contributed by atoms with Gasteiger partial charge in [-0.2, -0.15) is 0 Å². The first-order valence-electron chi connectivity index (χ1n) is 3.46. The van der Waals surface area contributed by atoms with Gasteiger partial charge in [-0.1, -0.05) is 0 Å². The molecule has 0 bridgehead atoms. The third-order valence-corrected chi connectivity index (χ3v) is 1.26. The third-order valence-electron chi connectivity index (χ3n) is 1.26. The van der Waals surface area contributed by atoms with Crippen LogP contribution in [0.2, 0.25) is 0 Å². The van der Waals surface area contributed by atoms with Crippen LogP contribution in [0, 0.1) is 11.6 Å². The third kappa shape index (κ3) is 2.70. The lowest BCUT2D eigenvalue weighted by Crippen LogP contribution is -2.20. The maximum absolute atomic E-state index is 12.8. The van der Waals surface area contributed by atoms with Gasteiger partial charge in [0, 0.05) is 6.07 Å². The number of carbonyl (C=O) groups excluding carboxylic acids is 1. The molecule has 2 N–H and O–H groups in total. The molecule has 1 aromatic rings. The van der Waals surface area contributed by atoms with Crippen molar-refractivity contribution in [2.24, 2.45) is 5.73 Å². The van der Waals surface area contributed by atoms with Crippen LogP contribution in [0.5, 0.6) is 5.75 Å². The van der Waals surface area contributed by atoms with Crippen LogP contribution in [0.25, 0.3) is 0 Å². The smallest absolute Gasteiger partial charge is 0.255 e. The molecule has 1 aromatic carbocycles. The minimum Gasteiger partial charge on any atom is -0.481 e. The molecule has 0 saturated heterocycles. The number of nitrogens with two attached hydrogens (primary N) is 1. The fourth-order valence-electron chi connectivity index (χ4n) is 0.737. The lowest BCUT2D eigenvalue weighted by molar-refractivity contribution is -0.120. The summed E-state index contributed by atoms with van der Waals surface area (Å²) in [6.07, 6.45) is 0. The number of benzene rings is 1. The Morgan fingerprint density at radius 1 is 1.46 bits per heavy atom. The van der Waals surface area contributed by atoms with Gasteiger partial charge in [0.25, 0.3) is 5.91 Å². The standard InChI is InChI=1S/C8H7F2NO2/c9-5-1-2-6(10)7(3-5)13-4-8(11)12/h1-3H,4H2,(H2,11,12). The van der Waals surface area contributed by atoms with Crippen molar-refractivity contribution in [3.05, 3.63) is 29.8 Å². The Labute approximate surface area is 73.1 Å². The maximum Gasteiger partial charge on any atom is 0.255 e. The predicted molar refractivity (Wildman–Crippen MR) is 41.0 cm³/mol. The Kier molecular flexibility index (Phi) is 2.79. The quantitative estimate of drug-likeness (QED) is 0.761. The highest BCUT2D eigenvalue weighted by molar-refractivity contribution is 5.75. The number of carbonyl (C=O) groups is 1. The topological polar surface area (TPSA) is 52.3 Å². The number of primary amides is 1. The highest BCUT2D eigenvalue weighted by atomic mass is 19.1. The van der Waals surface area contributed by atoms with Crippen LogP contribution in [-0.2, 0) is 4.79 Å². The largest absolute Gasteiger partial charge is 0.481 e. The normalized spacial score (nSPS) is 9.69. The van der Waals surface area contributed by atoms with E-state index in [4.69, 9.17) is 5.73 Å². The van der Waals surface area contributed by atoms with Crippen LogP contribution in [0.15, 0.2) is 18.2 Å². The summed E-state index contributed by atoms with van der Waals surface area (Å²) in [6, 6.07) is 2.70. The average Bonchev–Trinajstić information content (AvgIpc) is 2.06. The van der Waals surface area contributed by atoms with Crippen molar-refractivity contribution < 1.29 is 18.3 Å². The predicted octanol–water partition coefficient (Wildman–Crippen LogP) is 0.829. The first-order valence-corrected chi connectivity index (χ1v) is 3.46. The summed E-state index contributed by atoms with van der Waals surface area (Å²) in [4.78, 5) is 10.2. The SMILES string of the molecule is NC(=O)COc1cc(F)ccc1F. The molecule has 0 atom stereocenters. The van der Waals surface area contributed by atoms with Crippen LogP contribution in [0.3, 0.4) is 0 Å². The van der Waals surface area contributed by atoms with Crippen molar-refractivity contribution in [1.29, 1.82) is 0 Å². The first kappa shape index (κ1) is 9.44. The molecule has 0 saturated carbocycles. The average molecular weight is 187 g/mol. The lowest BCUT2D eigenvalue weighted by atomic mass is 10.3. The van der Waals surface area contributed by atoms with E-state index < -0.39 is 24.1 Å². The minimum absolute atomic E-state index is 0.321. The number of rotatable bonds is 3. The molecule has 0 aliphatic rings. The number of amides is 1. The second-order valence-electron chi connectivity index (χ2n) is 2.33. The molecular weight excluding hydrogens is 180 g/mol. The van der Waals surface area contributed by atoms with Gasteiger partial charge in [-0.05, 0) is 12.1 Å². The second kappa shape index (κ2) is 3.84. The summed E-state index contributed by atoms with van der Waals surface area (Å²) in [5.41, 5.74) is 4.75. The fraction of sp³-hybridized carbons (Fsp3) is 0.125. The van der Waals surface area contributed by atoms with Crippen LogP contribution in [-0.4, -0.2) is 12.5 Å². The molecule has 0 heterocycles. The van der Waals surface area contributed by atoms with Gasteiger partial charge in [0.2, 0.25) is 0 Å². The van der Waals surface area contributed by atoms with E-state index in [1.54, 1.807) is 0 Å². The molecule has 0 unspecified atom stereocenters. The van der Waals surface area contributed by atoms with Gasteiger partial charge >= 0.3 is 0 Å². The zero-order valence-electron chi connectivity index (χ0n) is 6.59. The highest BCUT2D eigenvalue weighted by Gasteiger charge is 2.05. The van der Waals surface area contributed by atoms with E-state index in [1.165, 1.54) is 0 Å². The Hall–Kier alpha value is -1.65. The molecule has 13 heavy (non-hydrogen) atoms. The van der Waals surface area contributed by atoms with Gasteiger partial charge in [-0.15, -0.1) is 0 Å². The molecule has 0 spiro atoms. The van der Waals surface area contributed by atoms with Crippen LogP contribution < -0.4 is 10.5 Å². The van der Waals surface area contributed by atoms with Crippen molar-refractivity contribution >= 4 is 5.91 Å². The van der Waals surface area contributed by atoms with E-state index in [0.29, 0.717) is 0 Å². The summed E-state index contributed by atoms with van der Waals surface area (Å²) in [7, 11) is 0. The zero-order chi connectivity index (χ0) is 9.84. The zero-order valence-corrected chi connectivity index (χ0v) is 6.59. The van der Waals surface area contributed by atoms with E-state index in [0.717, 1.165) is 18.2 Å². The molecule has 0 aliphatic carbocycles. The van der Waals surface area contributed by atoms with E-state index in [-0.39, 0.29) is 5.75 Å². The number of hydrogen-bond acceptors (Lipinski definition) is 2. The van der Waals surface area contributed by atoms with Crippen LogP contribution in [0.4, 0.5) is 8.78 Å². The number of halogens is 2. The molecule has 5 heteroatoms. The van der Waals surface area contributed by atoms with E-state index in [2.05, 4.69) is 4.74 Å². The highest BCUT2D eigenvalue weighted by Crippen LogP contribution is 2.17. The Bertz CT molecular complexity index is 328. The van der Waals surface area contributed by atoms with Gasteiger partial charge in [0.15, 0.2) is 18.2 Å². The van der Waals surface area contributed by atoms with E-state index in [1.807, 2.05) is 0 Å². The van der Waals surface area contributed by atoms with E-state index in [9.17, 15) is 13.6 Å². The van der Waals surface area contributed by atoms with Crippen molar-refractivity contribution in [1.82, 2.24) is 0 Å². The minimum atomic E-state index is -0.747. The van der Waals surface area contributed by atoms with E-state index >= 15 is 0 Å². The second-order valence-corrected chi connectivity index (χ2v) is 2.33. The van der Waals surface area contributed by atoms with Crippen molar-refractivity contribution in [3.63, 3.8) is 0 Å². The van der Waals surface area contributed by atoms with Crippen LogP contribution in [0.1, 0.15) is 0 Å². The summed E-state index contributed by atoms with van der Waals surface area (Å²) >= 11 is 0. The summed E-state index contributed by atoms with van der Waals surface area (Å²) in [5.74, 6) is -2.44. The van der Waals surface area contributed by atoms with Crippen molar-refractivity contribution in [3.8, 4) is 5.75 Å². The molecule has 3 nitrogen and oxygen atoms in total. The molecule has 70 valence electrons. The number of hydrogen-bond donors (Lipinski definition) is 1. The van der Waals surface area contributed by atoms with Gasteiger partial charge in [0.1, 0.15) is 5.82 Å². The Balaban J connectivity index is 2.75. The van der Waals surface area contributed by atoms with Gasteiger partial charge in [-0.25, -0.2) is 8.78 Å². The Morgan fingerprint density at radius 2 is 2.15 bits per heavy atom. The summed E-state index contributed by atoms with van der Waals surface area (Å²) < 4.78 is 29.9. The van der Waals surface area contributed by atoms with Crippen molar-refractivity contribution in [2.45, 2.75) is 0 Å². The number of ether oxygens (including phenoxy) is 1. The van der Waals surface area contributed by atoms with Gasteiger partial charge in [-0.3, -0.25) is 4.79 Å². The monoisotopic (exact) mass is 187 g/mol. The molecule has 0 aromatic heterocycles. The van der Waals surface area contributed by atoms with Gasteiger partial charge in [0.05, 0.1) is 0 Å². The maximum atomic E-state index is 12.8. The fourth-order valence-corrected chi connectivity index (χ4v) is 0.737. The lowest BCUT2D eigenvalue weighted by Gasteiger charge is -2.03. The first-order chi connectivity index (χ1) is 6.09. The molecular formula is C8H7F2NO2. The van der Waals surface area contributed by atoms with Crippen LogP contribution >= 0.6 is 0 Å². The Morgan fingerprint density at radius 3 is 2.77 bits per heavy atom. The molecule has 1 amide bonds. The molecule has 0 fully saturated rings. The molecule has 1 rings (SSSR count). The summed E-state index contributed by atoms with van der Waals surface area (Å²) in [5, 5.41) is 0. The van der Waals surface area contributed by atoms with Gasteiger partial charge < -0.3 is 10.5 Å².